The fraction of sp³-hybridized carbons (Fsp3) is 0.500. The summed E-state index contributed by atoms with van der Waals surface area (Å²) in [6.45, 7) is 8.45. The van der Waals surface area contributed by atoms with Crippen molar-refractivity contribution in [3.63, 3.8) is 0 Å². The molecule has 0 bridgehead atoms. The molecule has 0 spiro atoms. The largest absolute Gasteiger partial charge is 0.257 e. The van der Waals surface area contributed by atoms with E-state index in [2.05, 4.69) is 38.6 Å². The molecule has 1 unspecified atom stereocenters. The summed E-state index contributed by atoms with van der Waals surface area (Å²) in [5, 5.41) is 0. The van der Waals surface area contributed by atoms with E-state index in [4.69, 9.17) is 4.98 Å². The second-order valence-electron chi connectivity index (χ2n) is 4.83. The summed E-state index contributed by atoms with van der Waals surface area (Å²) in [5.41, 5.74) is 3.86. The van der Waals surface area contributed by atoms with Gasteiger partial charge >= 0.3 is 0 Å². The number of nitrogens with zero attached hydrogens (tertiary/aromatic N) is 1. The molecule has 1 aliphatic carbocycles. The highest BCUT2D eigenvalue weighted by atomic mass is 14.7. The Morgan fingerprint density at radius 3 is 2.80 bits per heavy atom. The molecule has 2 rings (SSSR count). The number of rotatable bonds is 2. The first kappa shape index (κ1) is 10.4. The minimum absolute atomic E-state index is 0.523. The maximum absolute atomic E-state index is 4.75. The van der Waals surface area contributed by atoms with Crippen LogP contribution in [-0.4, -0.2) is 4.98 Å². The summed E-state index contributed by atoms with van der Waals surface area (Å²) in [5.74, 6) is 1.14. The lowest BCUT2D eigenvalue weighted by atomic mass is 10.0. The van der Waals surface area contributed by atoms with Gasteiger partial charge in [0.2, 0.25) is 0 Å². The lowest BCUT2D eigenvalue weighted by Gasteiger charge is -2.11. The van der Waals surface area contributed by atoms with E-state index in [1.807, 2.05) is 0 Å². The average Bonchev–Trinajstić information content (AvgIpc) is 2.65. The van der Waals surface area contributed by atoms with Crippen LogP contribution in [0.1, 0.15) is 56.3 Å². The van der Waals surface area contributed by atoms with Crippen molar-refractivity contribution in [1.82, 2.24) is 4.98 Å². The van der Waals surface area contributed by atoms with Gasteiger partial charge in [0.05, 0.1) is 0 Å². The van der Waals surface area contributed by atoms with Crippen molar-refractivity contribution in [2.24, 2.45) is 0 Å². The third-order valence-electron chi connectivity index (χ3n) is 3.18. The highest BCUT2D eigenvalue weighted by Gasteiger charge is 2.21. The Labute approximate surface area is 92.2 Å². The van der Waals surface area contributed by atoms with Gasteiger partial charge in [0, 0.05) is 17.3 Å². The second-order valence-corrected chi connectivity index (χ2v) is 4.83. The van der Waals surface area contributed by atoms with Crippen LogP contribution in [0.25, 0.3) is 0 Å². The molecule has 80 valence electrons. The van der Waals surface area contributed by atoms with Crippen LogP contribution in [0.3, 0.4) is 0 Å². The first-order valence-electron chi connectivity index (χ1n) is 5.80. The van der Waals surface area contributed by atoms with Crippen molar-refractivity contribution >= 4 is 0 Å². The molecule has 1 aromatic heterocycles. The molecular formula is C14H19N. The zero-order valence-corrected chi connectivity index (χ0v) is 9.66. The summed E-state index contributed by atoms with van der Waals surface area (Å²) in [4.78, 5) is 4.75. The van der Waals surface area contributed by atoms with E-state index < -0.39 is 0 Å². The zero-order chi connectivity index (χ0) is 10.8. The summed E-state index contributed by atoms with van der Waals surface area (Å²) in [6, 6.07) is 6.42. The molecule has 1 aromatic rings. The fourth-order valence-corrected chi connectivity index (χ4v) is 2.20. The van der Waals surface area contributed by atoms with Crippen LogP contribution in [0.2, 0.25) is 0 Å². The van der Waals surface area contributed by atoms with E-state index in [1.165, 1.54) is 29.8 Å². The van der Waals surface area contributed by atoms with Crippen LogP contribution in [0, 0.1) is 0 Å². The van der Waals surface area contributed by atoms with Crippen LogP contribution >= 0.6 is 0 Å². The maximum Gasteiger partial charge on any atom is 0.0441 e. The molecular weight excluding hydrogens is 182 g/mol. The van der Waals surface area contributed by atoms with Crippen molar-refractivity contribution in [3.8, 4) is 0 Å². The molecule has 1 atom stereocenters. The normalized spacial score (nSPS) is 21.3. The number of hydrogen-bond acceptors (Lipinski definition) is 1. The van der Waals surface area contributed by atoms with Crippen LogP contribution in [0.4, 0.5) is 0 Å². The van der Waals surface area contributed by atoms with Crippen molar-refractivity contribution < 1.29 is 0 Å². The standard InChI is InChI=1S/C14H19N/c1-10(2)13-5-4-6-14(15-13)12-8-7-11(3)9-12/h4-6,10,12H,3,7-9H2,1-2H3. The molecule has 0 amide bonds. The molecule has 1 fully saturated rings. The molecule has 1 heteroatoms. The van der Waals surface area contributed by atoms with Gasteiger partial charge < -0.3 is 0 Å². The van der Waals surface area contributed by atoms with Crippen LogP contribution in [-0.2, 0) is 0 Å². The third kappa shape index (κ3) is 2.28. The Morgan fingerprint density at radius 2 is 2.20 bits per heavy atom. The second kappa shape index (κ2) is 4.18. The van der Waals surface area contributed by atoms with Gasteiger partial charge in [0.15, 0.2) is 0 Å². The van der Waals surface area contributed by atoms with Gasteiger partial charge in [0.25, 0.3) is 0 Å². The minimum atomic E-state index is 0.523. The molecule has 0 saturated heterocycles. The lowest BCUT2D eigenvalue weighted by Crippen LogP contribution is -2.00. The topological polar surface area (TPSA) is 12.9 Å². The Balaban J connectivity index is 2.21. The van der Waals surface area contributed by atoms with Gasteiger partial charge in [0.1, 0.15) is 0 Å². The van der Waals surface area contributed by atoms with E-state index >= 15 is 0 Å². The Kier molecular flexibility index (Phi) is 2.90. The van der Waals surface area contributed by atoms with Crippen molar-refractivity contribution in [1.29, 1.82) is 0 Å². The smallest absolute Gasteiger partial charge is 0.0441 e. The first-order chi connectivity index (χ1) is 7.16. The Hall–Kier alpha value is -1.11. The van der Waals surface area contributed by atoms with Gasteiger partial charge in [-0.3, -0.25) is 4.98 Å². The van der Waals surface area contributed by atoms with Crippen LogP contribution in [0.15, 0.2) is 30.4 Å². The molecule has 0 N–H and O–H groups in total. The average molecular weight is 201 g/mol. The molecule has 1 aliphatic rings. The van der Waals surface area contributed by atoms with E-state index in [1.54, 1.807) is 0 Å². The Morgan fingerprint density at radius 1 is 1.40 bits per heavy atom. The third-order valence-corrected chi connectivity index (χ3v) is 3.18. The first-order valence-corrected chi connectivity index (χ1v) is 5.80. The van der Waals surface area contributed by atoms with Crippen LogP contribution < -0.4 is 0 Å². The zero-order valence-electron chi connectivity index (χ0n) is 9.66. The molecule has 0 aromatic carbocycles. The van der Waals surface area contributed by atoms with Crippen molar-refractivity contribution in [2.45, 2.75) is 44.9 Å². The highest BCUT2D eigenvalue weighted by molar-refractivity contribution is 5.21. The summed E-state index contributed by atoms with van der Waals surface area (Å²) < 4.78 is 0. The quantitative estimate of drug-likeness (QED) is 0.658. The molecule has 1 nitrogen and oxygen atoms in total. The van der Waals surface area contributed by atoms with Gasteiger partial charge in [-0.25, -0.2) is 0 Å². The van der Waals surface area contributed by atoms with E-state index in [0.29, 0.717) is 11.8 Å². The molecule has 1 saturated carbocycles. The summed E-state index contributed by atoms with van der Waals surface area (Å²) >= 11 is 0. The SMILES string of the molecule is C=C1CCC(c2cccc(C(C)C)n2)C1. The predicted octanol–water partition coefficient (Wildman–Crippen LogP) is 4.03. The molecule has 1 heterocycles. The van der Waals surface area contributed by atoms with Gasteiger partial charge in [-0.2, -0.15) is 0 Å². The van der Waals surface area contributed by atoms with Gasteiger partial charge in [-0.05, 0) is 37.3 Å². The fourth-order valence-electron chi connectivity index (χ4n) is 2.20. The van der Waals surface area contributed by atoms with Gasteiger partial charge in [-0.1, -0.05) is 32.1 Å². The predicted molar refractivity (Wildman–Crippen MR) is 64.1 cm³/mol. The number of aromatic nitrogens is 1. The summed E-state index contributed by atoms with van der Waals surface area (Å²) in [7, 11) is 0. The molecule has 0 radical (unpaired) electrons. The number of hydrogen-bond donors (Lipinski definition) is 0. The van der Waals surface area contributed by atoms with E-state index in [0.717, 1.165) is 6.42 Å². The molecule has 15 heavy (non-hydrogen) atoms. The van der Waals surface area contributed by atoms with Gasteiger partial charge in [-0.15, -0.1) is 0 Å². The van der Waals surface area contributed by atoms with E-state index in [-0.39, 0.29) is 0 Å². The monoisotopic (exact) mass is 201 g/mol. The number of allylic oxidation sites excluding steroid dienone is 1. The molecule has 0 aliphatic heterocycles. The minimum Gasteiger partial charge on any atom is -0.257 e. The van der Waals surface area contributed by atoms with Crippen molar-refractivity contribution in [3.05, 3.63) is 41.7 Å². The Bertz CT molecular complexity index is 365. The van der Waals surface area contributed by atoms with Crippen molar-refractivity contribution in [2.75, 3.05) is 0 Å². The lowest BCUT2D eigenvalue weighted by molar-refractivity contribution is 0.688. The maximum atomic E-state index is 4.75. The number of pyridine rings is 1. The van der Waals surface area contributed by atoms with Crippen LogP contribution in [0.5, 0.6) is 0 Å². The highest BCUT2D eigenvalue weighted by Crippen LogP contribution is 2.36. The summed E-state index contributed by atoms with van der Waals surface area (Å²) in [6.07, 6.45) is 3.54. The van der Waals surface area contributed by atoms with E-state index in [9.17, 15) is 0 Å².